The zero-order valence-corrected chi connectivity index (χ0v) is 12.9. The molecule has 1 saturated heterocycles. The zero-order valence-electron chi connectivity index (χ0n) is 10.6. The predicted octanol–water partition coefficient (Wildman–Crippen LogP) is 2.35. The van der Waals surface area contributed by atoms with Gasteiger partial charge in [-0.3, -0.25) is 4.79 Å². The van der Waals surface area contributed by atoms with Gasteiger partial charge in [-0.15, -0.1) is 0 Å². The van der Waals surface area contributed by atoms with Crippen LogP contribution in [0.1, 0.15) is 18.0 Å². The molecule has 1 fully saturated rings. The molecule has 104 valence electrons. The molecule has 0 radical (unpaired) electrons. The van der Waals surface area contributed by atoms with Gasteiger partial charge in [-0.25, -0.2) is 0 Å². The largest absolute Gasteiger partial charge is 0.383 e. The molecule has 0 bridgehead atoms. The van der Waals surface area contributed by atoms with Crippen LogP contribution in [0.15, 0.2) is 22.7 Å². The van der Waals surface area contributed by atoms with Gasteiger partial charge in [-0.1, -0.05) is 33.6 Å². The highest BCUT2D eigenvalue weighted by molar-refractivity contribution is 9.10. The topological polar surface area (TPSA) is 55.6 Å². The Hall–Kier alpha value is -0.620. The van der Waals surface area contributed by atoms with Gasteiger partial charge in [-0.05, 0) is 17.7 Å². The smallest absolute Gasteiger partial charge is 0.224 e. The summed E-state index contributed by atoms with van der Waals surface area (Å²) >= 11 is 9.64. The van der Waals surface area contributed by atoms with Gasteiger partial charge in [0, 0.05) is 35.6 Å². The number of carbonyl (C=O) groups excluding carboxylic acids is 1. The Morgan fingerprint density at radius 2 is 2.32 bits per heavy atom. The van der Waals surface area contributed by atoms with E-state index < -0.39 is 0 Å². The quantitative estimate of drug-likeness (QED) is 0.909. The molecule has 1 heterocycles. The van der Waals surface area contributed by atoms with Crippen molar-refractivity contribution in [2.75, 3.05) is 20.3 Å². The third-order valence-electron chi connectivity index (χ3n) is 3.29. The molecule has 0 aliphatic carbocycles. The highest BCUT2D eigenvalue weighted by Crippen LogP contribution is 2.36. The van der Waals surface area contributed by atoms with Gasteiger partial charge in [-0.2, -0.15) is 0 Å². The van der Waals surface area contributed by atoms with Crippen molar-refractivity contribution in [3.8, 4) is 0 Å². The molecule has 6 heteroatoms. The molecule has 1 aromatic rings. The van der Waals surface area contributed by atoms with Crippen molar-refractivity contribution in [1.82, 2.24) is 4.90 Å². The molecule has 2 unspecified atom stereocenters. The Bertz CT molecular complexity index is 484. The first-order chi connectivity index (χ1) is 9.04. The summed E-state index contributed by atoms with van der Waals surface area (Å²) in [5, 5.41) is 0.618. The number of nitrogens with zero attached hydrogens (tertiary/aromatic N) is 1. The van der Waals surface area contributed by atoms with E-state index in [9.17, 15) is 4.79 Å². The second-order valence-electron chi connectivity index (χ2n) is 4.56. The van der Waals surface area contributed by atoms with Gasteiger partial charge in [0.25, 0.3) is 0 Å². The van der Waals surface area contributed by atoms with Crippen molar-refractivity contribution >= 4 is 33.4 Å². The second kappa shape index (κ2) is 6.22. The Labute approximate surface area is 126 Å². The van der Waals surface area contributed by atoms with Gasteiger partial charge in [0.15, 0.2) is 0 Å². The van der Waals surface area contributed by atoms with Crippen molar-refractivity contribution in [2.45, 2.75) is 18.5 Å². The van der Waals surface area contributed by atoms with Crippen molar-refractivity contribution in [3.05, 3.63) is 33.3 Å². The number of ether oxygens (including phenoxy) is 1. The summed E-state index contributed by atoms with van der Waals surface area (Å²) in [6.07, 6.45) is 0.348. The summed E-state index contributed by atoms with van der Waals surface area (Å²) in [6.45, 7) is 1.02. The van der Waals surface area contributed by atoms with Crippen LogP contribution in [0.3, 0.4) is 0 Å². The lowest BCUT2D eigenvalue weighted by molar-refractivity contribution is -0.129. The Morgan fingerprint density at radius 3 is 2.95 bits per heavy atom. The number of nitrogens with two attached hydrogens (primary N) is 1. The molecule has 0 aromatic heterocycles. The summed E-state index contributed by atoms with van der Waals surface area (Å²) < 4.78 is 5.95. The van der Waals surface area contributed by atoms with E-state index in [1.807, 2.05) is 18.2 Å². The molecule has 1 amide bonds. The van der Waals surface area contributed by atoms with Crippen molar-refractivity contribution < 1.29 is 9.53 Å². The fraction of sp³-hybridized carbons (Fsp3) is 0.462. The summed E-state index contributed by atoms with van der Waals surface area (Å²) in [4.78, 5) is 13.7. The van der Waals surface area contributed by atoms with Crippen LogP contribution in [0.4, 0.5) is 0 Å². The molecule has 2 atom stereocenters. The minimum Gasteiger partial charge on any atom is -0.383 e. The lowest BCUT2D eigenvalue weighted by atomic mass is 10.0. The van der Waals surface area contributed by atoms with Crippen LogP contribution < -0.4 is 5.73 Å². The Balaban J connectivity index is 2.31. The molecular weight excluding hydrogens is 332 g/mol. The lowest BCUT2D eigenvalue weighted by Crippen LogP contribution is -2.35. The van der Waals surface area contributed by atoms with Crippen LogP contribution in [-0.4, -0.2) is 37.1 Å². The maximum Gasteiger partial charge on any atom is 0.224 e. The third-order valence-corrected chi connectivity index (χ3v) is 4.11. The maximum absolute atomic E-state index is 12.0. The van der Waals surface area contributed by atoms with E-state index in [1.54, 1.807) is 12.0 Å². The third kappa shape index (κ3) is 3.11. The Kier molecular flexibility index (Phi) is 4.84. The van der Waals surface area contributed by atoms with Crippen LogP contribution in [0.25, 0.3) is 0 Å². The Morgan fingerprint density at radius 1 is 1.58 bits per heavy atom. The van der Waals surface area contributed by atoms with Crippen LogP contribution >= 0.6 is 27.5 Å². The minimum absolute atomic E-state index is 0.0496. The molecule has 4 nitrogen and oxygen atoms in total. The summed E-state index contributed by atoms with van der Waals surface area (Å²) in [5.41, 5.74) is 6.99. The standard InChI is InChI=1S/C13H16BrClN2O2/c1-19-5-4-17-12(18)7-11(16)13(17)9-3-2-8(14)6-10(9)15/h2-3,6,11,13H,4-5,7,16H2,1H3. The van der Waals surface area contributed by atoms with Crippen LogP contribution in [0, 0.1) is 0 Å². The molecule has 19 heavy (non-hydrogen) atoms. The molecule has 1 aliphatic heterocycles. The number of likely N-dealkylation sites (tertiary alicyclic amines) is 1. The number of rotatable bonds is 4. The highest BCUT2D eigenvalue weighted by atomic mass is 79.9. The number of carbonyl (C=O) groups is 1. The summed E-state index contributed by atoms with van der Waals surface area (Å²) in [6, 6.07) is 5.23. The average Bonchev–Trinajstić information content (AvgIpc) is 2.62. The van der Waals surface area contributed by atoms with Crippen molar-refractivity contribution in [2.24, 2.45) is 5.73 Å². The number of amides is 1. The number of methoxy groups -OCH3 is 1. The molecule has 2 rings (SSSR count). The van der Waals surface area contributed by atoms with Gasteiger partial charge in [0.2, 0.25) is 5.91 Å². The monoisotopic (exact) mass is 346 g/mol. The maximum atomic E-state index is 12.0. The summed E-state index contributed by atoms with van der Waals surface area (Å²) in [7, 11) is 1.61. The average molecular weight is 348 g/mol. The van der Waals surface area contributed by atoms with Gasteiger partial charge < -0.3 is 15.4 Å². The van der Waals surface area contributed by atoms with Crippen LogP contribution in [-0.2, 0) is 9.53 Å². The molecule has 2 N–H and O–H groups in total. The fourth-order valence-corrected chi connectivity index (χ4v) is 3.20. The molecular formula is C13H16BrClN2O2. The minimum atomic E-state index is -0.233. The predicted molar refractivity (Wildman–Crippen MR) is 78.1 cm³/mol. The van der Waals surface area contributed by atoms with Crippen molar-refractivity contribution in [3.63, 3.8) is 0 Å². The van der Waals surface area contributed by atoms with Gasteiger partial charge >= 0.3 is 0 Å². The SMILES string of the molecule is COCCN1C(=O)CC(N)C1c1ccc(Br)cc1Cl. The fourth-order valence-electron chi connectivity index (χ4n) is 2.41. The first kappa shape index (κ1) is 14.8. The number of hydrogen-bond acceptors (Lipinski definition) is 3. The van der Waals surface area contributed by atoms with E-state index in [0.29, 0.717) is 24.6 Å². The van der Waals surface area contributed by atoms with Crippen molar-refractivity contribution in [1.29, 1.82) is 0 Å². The van der Waals surface area contributed by atoms with E-state index in [1.165, 1.54) is 0 Å². The van der Waals surface area contributed by atoms with E-state index in [4.69, 9.17) is 22.1 Å². The van der Waals surface area contributed by atoms with Gasteiger partial charge in [0.05, 0.1) is 12.6 Å². The molecule has 0 saturated carbocycles. The van der Waals surface area contributed by atoms with E-state index in [0.717, 1.165) is 10.0 Å². The first-order valence-corrected chi connectivity index (χ1v) is 7.20. The number of benzene rings is 1. The normalized spacial score (nSPS) is 23.2. The summed E-state index contributed by atoms with van der Waals surface area (Å²) in [5.74, 6) is 0.0496. The van der Waals surface area contributed by atoms with Gasteiger partial charge in [0.1, 0.15) is 0 Å². The number of hydrogen-bond donors (Lipinski definition) is 1. The first-order valence-electron chi connectivity index (χ1n) is 6.03. The van der Waals surface area contributed by atoms with E-state index in [2.05, 4.69) is 15.9 Å². The van der Waals surface area contributed by atoms with Crippen LogP contribution in [0.2, 0.25) is 5.02 Å². The van der Waals surface area contributed by atoms with Crippen LogP contribution in [0.5, 0.6) is 0 Å². The van der Waals surface area contributed by atoms with E-state index in [-0.39, 0.29) is 18.0 Å². The lowest BCUT2D eigenvalue weighted by Gasteiger charge is -2.27. The zero-order chi connectivity index (χ0) is 14.0. The second-order valence-corrected chi connectivity index (χ2v) is 5.88. The highest BCUT2D eigenvalue weighted by Gasteiger charge is 2.39. The number of halogens is 2. The van der Waals surface area contributed by atoms with E-state index >= 15 is 0 Å². The molecule has 0 spiro atoms. The molecule has 1 aliphatic rings. The molecule has 1 aromatic carbocycles.